The van der Waals surface area contributed by atoms with Gasteiger partial charge in [0.05, 0.1) is 12.7 Å². The number of hydrogen-bond donors (Lipinski definition) is 0. The van der Waals surface area contributed by atoms with Gasteiger partial charge in [0.15, 0.2) is 0 Å². The number of nitrogens with zero attached hydrogens (tertiary/aromatic N) is 1. The summed E-state index contributed by atoms with van der Waals surface area (Å²) in [6.07, 6.45) is 7.05. The minimum atomic E-state index is 0.284. The maximum absolute atomic E-state index is 6.40. The Morgan fingerprint density at radius 2 is 1.71 bits per heavy atom. The molecule has 2 heteroatoms. The van der Waals surface area contributed by atoms with E-state index in [2.05, 4.69) is 51.0 Å². The zero-order valence-corrected chi connectivity index (χ0v) is 14.2. The Labute approximate surface area is 130 Å². The summed E-state index contributed by atoms with van der Waals surface area (Å²) in [7, 11) is 4.22. The molecule has 118 valence electrons. The fourth-order valence-corrected chi connectivity index (χ4v) is 3.53. The Hall–Kier alpha value is -0.860. The Bertz CT molecular complexity index is 415. The van der Waals surface area contributed by atoms with Crippen LogP contribution in [-0.4, -0.2) is 32.1 Å². The molecule has 1 aromatic rings. The Kier molecular flexibility index (Phi) is 6.25. The summed E-state index contributed by atoms with van der Waals surface area (Å²) in [5, 5.41) is 0. The molecule has 1 saturated carbocycles. The van der Waals surface area contributed by atoms with Crippen molar-refractivity contribution in [3.8, 4) is 0 Å². The number of rotatable bonds is 6. The van der Waals surface area contributed by atoms with Gasteiger partial charge in [-0.15, -0.1) is 0 Å². The van der Waals surface area contributed by atoms with Gasteiger partial charge < -0.3 is 9.64 Å². The fraction of sp³-hybridized carbons (Fsp3) is 0.684. The van der Waals surface area contributed by atoms with E-state index in [1.165, 1.54) is 48.8 Å². The summed E-state index contributed by atoms with van der Waals surface area (Å²) in [5.74, 6) is 0.695. The van der Waals surface area contributed by atoms with Gasteiger partial charge in [-0.1, -0.05) is 37.5 Å². The third-order valence-corrected chi connectivity index (χ3v) is 4.74. The van der Waals surface area contributed by atoms with E-state index in [1.807, 2.05) is 0 Å². The van der Waals surface area contributed by atoms with Crippen LogP contribution in [0.15, 0.2) is 18.2 Å². The van der Waals surface area contributed by atoms with Gasteiger partial charge in [-0.2, -0.15) is 0 Å². The minimum absolute atomic E-state index is 0.284. The van der Waals surface area contributed by atoms with Gasteiger partial charge in [-0.25, -0.2) is 0 Å². The van der Waals surface area contributed by atoms with Crippen molar-refractivity contribution in [2.45, 2.75) is 52.1 Å². The van der Waals surface area contributed by atoms with Crippen molar-refractivity contribution in [2.75, 3.05) is 27.2 Å². The van der Waals surface area contributed by atoms with Crippen LogP contribution < -0.4 is 0 Å². The smallest absolute Gasteiger partial charge is 0.0858 e. The average molecular weight is 289 g/mol. The lowest BCUT2D eigenvalue weighted by atomic mass is 9.80. The molecule has 1 aromatic carbocycles. The van der Waals surface area contributed by atoms with Gasteiger partial charge in [0, 0.05) is 6.54 Å². The standard InChI is InChI=1S/C19H31NO/c1-15-9-8-10-16(2)18(15)19(21-14-13-20(3)4)17-11-6-5-7-12-17/h8-10,17,19H,5-7,11-14H2,1-4H3/t19-/m1/s1. The molecule has 1 aliphatic rings. The predicted octanol–water partition coefficient (Wildman–Crippen LogP) is 4.50. The van der Waals surface area contributed by atoms with E-state index < -0.39 is 0 Å². The highest BCUT2D eigenvalue weighted by molar-refractivity contribution is 5.36. The lowest BCUT2D eigenvalue weighted by Gasteiger charge is -2.33. The first-order valence-corrected chi connectivity index (χ1v) is 8.42. The van der Waals surface area contributed by atoms with Crippen molar-refractivity contribution in [2.24, 2.45) is 5.92 Å². The third kappa shape index (κ3) is 4.55. The van der Waals surface area contributed by atoms with Crippen LogP contribution in [0.3, 0.4) is 0 Å². The zero-order valence-electron chi connectivity index (χ0n) is 14.2. The summed E-state index contributed by atoms with van der Waals surface area (Å²) in [4.78, 5) is 2.20. The van der Waals surface area contributed by atoms with Crippen LogP contribution in [-0.2, 0) is 4.74 Å². The molecule has 0 N–H and O–H groups in total. The van der Waals surface area contributed by atoms with Gasteiger partial charge in [0.25, 0.3) is 0 Å². The Morgan fingerprint density at radius 3 is 2.29 bits per heavy atom. The molecular formula is C19H31NO. The van der Waals surface area contributed by atoms with Gasteiger partial charge in [0.1, 0.15) is 0 Å². The topological polar surface area (TPSA) is 12.5 Å². The van der Waals surface area contributed by atoms with Crippen molar-refractivity contribution in [1.82, 2.24) is 4.90 Å². The van der Waals surface area contributed by atoms with Crippen molar-refractivity contribution >= 4 is 0 Å². The van der Waals surface area contributed by atoms with E-state index in [4.69, 9.17) is 4.74 Å². The van der Waals surface area contributed by atoms with Crippen molar-refractivity contribution in [3.05, 3.63) is 34.9 Å². The molecule has 0 bridgehead atoms. The Morgan fingerprint density at radius 1 is 1.10 bits per heavy atom. The first kappa shape index (κ1) is 16.5. The molecule has 21 heavy (non-hydrogen) atoms. The van der Waals surface area contributed by atoms with E-state index in [0.717, 1.165) is 13.2 Å². The van der Waals surface area contributed by atoms with E-state index in [1.54, 1.807) is 0 Å². The lowest BCUT2D eigenvalue weighted by molar-refractivity contribution is -0.00760. The fourth-order valence-electron chi connectivity index (χ4n) is 3.53. The van der Waals surface area contributed by atoms with Crippen LogP contribution in [0.25, 0.3) is 0 Å². The second-order valence-corrected chi connectivity index (χ2v) is 6.80. The van der Waals surface area contributed by atoms with Crippen LogP contribution in [0, 0.1) is 19.8 Å². The van der Waals surface area contributed by atoms with Crippen molar-refractivity contribution in [3.63, 3.8) is 0 Å². The molecule has 0 aliphatic heterocycles. The SMILES string of the molecule is Cc1cccc(C)c1[C@H](OCCN(C)C)C1CCCCC1. The molecule has 1 atom stereocenters. The zero-order chi connectivity index (χ0) is 15.2. The number of aryl methyl sites for hydroxylation is 2. The second kappa shape index (κ2) is 7.95. The van der Waals surface area contributed by atoms with E-state index in [9.17, 15) is 0 Å². The molecule has 0 unspecified atom stereocenters. The second-order valence-electron chi connectivity index (χ2n) is 6.80. The molecule has 0 aromatic heterocycles. The molecule has 0 amide bonds. The number of benzene rings is 1. The molecule has 0 heterocycles. The van der Waals surface area contributed by atoms with Gasteiger partial charge in [-0.05, 0) is 63.4 Å². The minimum Gasteiger partial charge on any atom is -0.372 e. The molecule has 1 aliphatic carbocycles. The normalized spacial score (nSPS) is 18.1. The number of likely N-dealkylation sites (N-methyl/N-ethyl adjacent to an activating group) is 1. The molecule has 2 rings (SSSR count). The largest absolute Gasteiger partial charge is 0.372 e. The van der Waals surface area contributed by atoms with Crippen LogP contribution >= 0.6 is 0 Å². The highest BCUT2D eigenvalue weighted by Gasteiger charge is 2.27. The molecule has 0 radical (unpaired) electrons. The first-order chi connectivity index (χ1) is 10.1. The molecule has 0 saturated heterocycles. The summed E-state index contributed by atoms with van der Waals surface area (Å²) >= 11 is 0. The highest BCUT2D eigenvalue weighted by atomic mass is 16.5. The van der Waals surface area contributed by atoms with E-state index in [-0.39, 0.29) is 6.10 Å². The van der Waals surface area contributed by atoms with Crippen LogP contribution in [0.5, 0.6) is 0 Å². The predicted molar refractivity (Wildman–Crippen MR) is 89.7 cm³/mol. The summed E-state index contributed by atoms with van der Waals surface area (Å²) < 4.78 is 6.40. The highest BCUT2D eigenvalue weighted by Crippen LogP contribution is 2.39. The molecule has 2 nitrogen and oxygen atoms in total. The quantitative estimate of drug-likeness (QED) is 0.764. The number of ether oxygens (including phenoxy) is 1. The lowest BCUT2D eigenvalue weighted by Crippen LogP contribution is -2.25. The summed E-state index contributed by atoms with van der Waals surface area (Å²) in [6.45, 7) is 6.27. The van der Waals surface area contributed by atoms with Crippen LogP contribution in [0.1, 0.15) is 54.9 Å². The monoisotopic (exact) mass is 289 g/mol. The summed E-state index contributed by atoms with van der Waals surface area (Å²) in [5.41, 5.74) is 4.22. The first-order valence-electron chi connectivity index (χ1n) is 8.42. The maximum atomic E-state index is 6.40. The molecule has 0 spiro atoms. The maximum Gasteiger partial charge on any atom is 0.0858 e. The van der Waals surface area contributed by atoms with Crippen molar-refractivity contribution < 1.29 is 4.74 Å². The average Bonchev–Trinajstić information content (AvgIpc) is 2.46. The van der Waals surface area contributed by atoms with Gasteiger partial charge in [-0.3, -0.25) is 0 Å². The summed E-state index contributed by atoms with van der Waals surface area (Å²) in [6, 6.07) is 6.62. The van der Waals surface area contributed by atoms with Crippen LogP contribution in [0.2, 0.25) is 0 Å². The van der Waals surface area contributed by atoms with E-state index >= 15 is 0 Å². The van der Waals surface area contributed by atoms with Gasteiger partial charge in [0.2, 0.25) is 0 Å². The number of hydrogen-bond acceptors (Lipinski definition) is 2. The third-order valence-electron chi connectivity index (χ3n) is 4.74. The molecule has 1 fully saturated rings. The van der Waals surface area contributed by atoms with Crippen molar-refractivity contribution in [1.29, 1.82) is 0 Å². The van der Waals surface area contributed by atoms with E-state index in [0.29, 0.717) is 5.92 Å². The van der Waals surface area contributed by atoms with Crippen LogP contribution in [0.4, 0.5) is 0 Å². The molecular weight excluding hydrogens is 258 g/mol. The Balaban J connectivity index is 2.17. The van der Waals surface area contributed by atoms with Gasteiger partial charge >= 0.3 is 0 Å².